The van der Waals surface area contributed by atoms with Gasteiger partial charge in [0.25, 0.3) is 0 Å². The van der Waals surface area contributed by atoms with Gasteiger partial charge in [-0.05, 0) is 33.0 Å². The molecule has 1 aliphatic heterocycles. The van der Waals surface area contributed by atoms with Gasteiger partial charge >= 0.3 is 0 Å². The van der Waals surface area contributed by atoms with Crippen LogP contribution in [0, 0.1) is 0 Å². The van der Waals surface area contributed by atoms with Crippen molar-refractivity contribution in [1.82, 2.24) is 4.90 Å². The Bertz CT molecular complexity index is 56.2. The summed E-state index contributed by atoms with van der Waals surface area (Å²) in [6, 6.07) is 0.478. The Hall–Kier alpha value is -0.0800. The van der Waals surface area contributed by atoms with Crippen LogP contribution in [0.4, 0.5) is 0 Å². The highest BCUT2D eigenvalue weighted by molar-refractivity contribution is 4.70. The van der Waals surface area contributed by atoms with Gasteiger partial charge in [-0.15, -0.1) is 0 Å². The third kappa shape index (κ3) is 8.02. The monoisotopic (exact) mass is 174 g/mol. The summed E-state index contributed by atoms with van der Waals surface area (Å²) in [4.78, 5) is 2.32. The van der Waals surface area contributed by atoms with Crippen molar-refractivity contribution < 1.29 is 0 Å². The van der Waals surface area contributed by atoms with Crippen LogP contribution in [0.1, 0.15) is 40.5 Å². The van der Waals surface area contributed by atoms with Crippen molar-refractivity contribution in [2.45, 2.75) is 46.6 Å². The number of rotatable bonds is 0. The van der Waals surface area contributed by atoms with E-state index in [1.807, 2.05) is 27.7 Å². The van der Waals surface area contributed by atoms with Crippen LogP contribution in [0.15, 0.2) is 0 Å². The van der Waals surface area contributed by atoms with Crippen LogP contribution in [0.25, 0.3) is 0 Å². The molecule has 1 aliphatic rings. The molecule has 2 N–H and O–H groups in total. The Morgan fingerprint density at radius 1 is 1.00 bits per heavy atom. The van der Waals surface area contributed by atoms with Crippen molar-refractivity contribution in [2.24, 2.45) is 5.73 Å². The number of hydrogen-bond acceptors (Lipinski definition) is 2. The van der Waals surface area contributed by atoms with E-state index in [2.05, 4.69) is 11.9 Å². The first-order chi connectivity index (χ1) is 5.79. The largest absolute Gasteiger partial charge is 0.328 e. The van der Waals surface area contributed by atoms with E-state index in [9.17, 15) is 0 Å². The van der Waals surface area contributed by atoms with E-state index in [1.54, 1.807) is 0 Å². The van der Waals surface area contributed by atoms with E-state index in [0.29, 0.717) is 6.04 Å². The minimum absolute atomic E-state index is 0.478. The average molecular weight is 174 g/mol. The molecule has 1 rings (SSSR count). The predicted octanol–water partition coefficient (Wildman–Crippen LogP) is 2.09. The van der Waals surface area contributed by atoms with Crippen molar-refractivity contribution >= 4 is 0 Å². The summed E-state index contributed by atoms with van der Waals surface area (Å²) >= 11 is 0. The lowest BCUT2D eigenvalue weighted by atomic mass is 10.1. The summed E-state index contributed by atoms with van der Waals surface area (Å²) in [5.74, 6) is 0. The van der Waals surface area contributed by atoms with Gasteiger partial charge in [-0.2, -0.15) is 0 Å². The first-order valence-electron chi connectivity index (χ1n) is 5.23. The summed E-state index contributed by atoms with van der Waals surface area (Å²) in [6.45, 7) is 10.4. The number of hydrogen-bond donors (Lipinski definition) is 1. The standard InChI is InChI=1S/C6H14N2.2C2H6/c1-8-4-2-6(7)3-5-8;2*1-2/h6H,2-5,7H2,1H3;2*1-2H3. The van der Waals surface area contributed by atoms with Crippen LogP contribution < -0.4 is 5.73 Å². The van der Waals surface area contributed by atoms with Gasteiger partial charge in [0.2, 0.25) is 0 Å². The number of piperidine rings is 1. The second-order valence-electron chi connectivity index (χ2n) is 2.64. The smallest absolute Gasteiger partial charge is 0.00631 e. The molecule has 0 unspecified atom stereocenters. The molecule has 0 aromatic rings. The maximum Gasteiger partial charge on any atom is 0.00631 e. The molecule has 0 aliphatic carbocycles. The topological polar surface area (TPSA) is 29.3 Å². The molecule has 12 heavy (non-hydrogen) atoms. The zero-order valence-corrected chi connectivity index (χ0v) is 9.43. The van der Waals surface area contributed by atoms with Crippen molar-refractivity contribution in [3.63, 3.8) is 0 Å². The highest BCUT2D eigenvalue weighted by Crippen LogP contribution is 2.04. The Balaban J connectivity index is 0. The molecule has 2 heteroatoms. The molecule has 0 atom stereocenters. The third-order valence-corrected chi connectivity index (χ3v) is 1.76. The van der Waals surface area contributed by atoms with Crippen molar-refractivity contribution in [3.8, 4) is 0 Å². The number of nitrogens with two attached hydrogens (primary N) is 1. The molecule has 0 aromatic carbocycles. The fraction of sp³-hybridized carbons (Fsp3) is 1.00. The molecule has 0 radical (unpaired) electrons. The summed E-state index contributed by atoms with van der Waals surface area (Å²) in [7, 11) is 2.14. The summed E-state index contributed by atoms with van der Waals surface area (Å²) < 4.78 is 0. The van der Waals surface area contributed by atoms with Crippen molar-refractivity contribution in [2.75, 3.05) is 20.1 Å². The molecule has 2 nitrogen and oxygen atoms in total. The van der Waals surface area contributed by atoms with Gasteiger partial charge in [0, 0.05) is 6.04 Å². The zero-order chi connectivity index (χ0) is 9.98. The van der Waals surface area contributed by atoms with Gasteiger partial charge in [0.1, 0.15) is 0 Å². The highest BCUT2D eigenvalue weighted by Gasteiger charge is 2.10. The first kappa shape index (κ1) is 14.4. The summed E-state index contributed by atoms with van der Waals surface area (Å²) in [5.41, 5.74) is 5.67. The highest BCUT2D eigenvalue weighted by atomic mass is 15.1. The van der Waals surface area contributed by atoms with Gasteiger partial charge < -0.3 is 10.6 Å². The molecule has 1 heterocycles. The van der Waals surface area contributed by atoms with Gasteiger partial charge in [-0.1, -0.05) is 27.7 Å². The number of likely N-dealkylation sites (tertiary alicyclic amines) is 1. The molecule has 0 spiro atoms. The van der Waals surface area contributed by atoms with E-state index in [1.165, 1.54) is 25.9 Å². The Kier molecular flexibility index (Phi) is 13.1. The van der Waals surface area contributed by atoms with Crippen LogP contribution in [0.2, 0.25) is 0 Å². The van der Waals surface area contributed by atoms with E-state index >= 15 is 0 Å². The molecular formula is C10H26N2. The minimum atomic E-state index is 0.478. The van der Waals surface area contributed by atoms with Crippen LogP contribution in [-0.4, -0.2) is 31.1 Å². The van der Waals surface area contributed by atoms with E-state index < -0.39 is 0 Å². The van der Waals surface area contributed by atoms with Gasteiger partial charge in [0.15, 0.2) is 0 Å². The van der Waals surface area contributed by atoms with Gasteiger partial charge in [0.05, 0.1) is 0 Å². The SMILES string of the molecule is CC.CC.CN1CCC(N)CC1. The van der Waals surface area contributed by atoms with Crippen LogP contribution in [-0.2, 0) is 0 Å². The molecular weight excluding hydrogens is 148 g/mol. The second kappa shape index (κ2) is 10.9. The lowest BCUT2D eigenvalue weighted by Crippen LogP contribution is -2.37. The maximum absolute atomic E-state index is 5.67. The van der Waals surface area contributed by atoms with E-state index in [0.717, 1.165) is 0 Å². The third-order valence-electron chi connectivity index (χ3n) is 1.76. The normalized spacial score (nSPS) is 18.5. The minimum Gasteiger partial charge on any atom is -0.328 e. The Labute approximate surface area is 78.1 Å². The lowest BCUT2D eigenvalue weighted by Gasteiger charge is -2.25. The molecule has 1 saturated heterocycles. The summed E-state index contributed by atoms with van der Waals surface area (Å²) in [5, 5.41) is 0. The zero-order valence-electron chi connectivity index (χ0n) is 9.43. The molecule has 0 amide bonds. The molecule has 0 aromatic heterocycles. The molecule has 0 bridgehead atoms. The fourth-order valence-corrected chi connectivity index (χ4v) is 1.03. The van der Waals surface area contributed by atoms with E-state index in [-0.39, 0.29) is 0 Å². The first-order valence-corrected chi connectivity index (χ1v) is 5.23. The predicted molar refractivity (Wildman–Crippen MR) is 57.4 cm³/mol. The maximum atomic E-state index is 5.67. The molecule has 1 fully saturated rings. The fourth-order valence-electron chi connectivity index (χ4n) is 1.03. The molecule has 0 saturated carbocycles. The van der Waals surface area contributed by atoms with Crippen LogP contribution in [0.3, 0.4) is 0 Å². The van der Waals surface area contributed by atoms with Crippen LogP contribution >= 0.6 is 0 Å². The lowest BCUT2D eigenvalue weighted by molar-refractivity contribution is 0.256. The van der Waals surface area contributed by atoms with Crippen LogP contribution in [0.5, 0.6) is 0 Å². The average Bonchev–Trinajstić information content (AvgIpc) is 2.17. The molecule has 76 valence electrons. The quantitative estimate of drug-likeness (QED) is 0.609. The second-order valence-corrected chi connectivity index (χ2v) is 2.64. The summed E-state index contributed by atoms with van der Waals surface area (Å²) in [6.07, 6.45) is 2.35. The Morgan fingerprint density at radius 3 is 1.58 bits per heavy atom. The van der Waals surface area contributed by atoms with E-state index in [4.69, 9.17) is 5.73 Å². The number of nitrogens with zero attached hydrogens (tertiary/aromatic N) is 1. The Morgan fingerprint density at radius 2 is 1.33 bits per heavy atom. The van der Waals surface area contributed by atoms with Crippen molar-refractivity contribution in [3.05, 3.63) is 0 Å². The van der Waals surface area contributed by atoms with Crippen molar-refractivity contribution in [1.29, 1.82) is 0 Å². The van der Waals surface area contributed by atoms with Gasteiger partial charge in [-0.25, -0.2) is 0 Å². The van der Waals surface area contributed by atoms with Gasteiger partial charge in [-0.3, -0.25) is 0 Å².